The Morgan fingerprint density at radius 2 is 1.92 bits per heavy atom. The van der Waals surface area contributed by atoms with Gasteiger partial charge in [0, 0.05) is 6.61 Å². The molecule has 0 aliphatic heterocycles. The van der Waals surface area contributed by atoms with Crippen molar-refractivity contribution in [1.29, 1.82) is 0 Å². The Labute approximate surface area is 81.3 Å². The van der Waals surface area contributed by atoms with Crippen molar-refractivity contribution >= 4 is 0 Å². The van der Waals surface area contributed by atoms with E-state index in [0.717, 1.165) is 25.9 Å². The first-order valence-electron chi connectivity index (χ1n) is 5.50. The van der Waals surface area contributed by atoms with E-state index in [1.165, 1.54) is 12.8 Å². The van der Waals surface area contributed by atoms with E-state index in [2.05, 4.69) is 13.8 Å². The Kier molecular flexibility index (Phi) is 4.74. The monoisotopic (exact) mass is 186 g/mol. The Balaban J connectivity index is 2.27. The van der Waals surface area contributed by atoms with Gasteiger partial charge in [0.2, 0.25) is 0 Å². The maximum Gasteiger partial charge on any atom is 0.0834 e. The average Bonchev–Trinajstić information content (AvgIpc) is 2.27. The molecule has 0 aromatic rings. The standard InChI is InChI=1S/C11H22O2/c1-9(2)8-13-11-7-5-3-4-6-10(11)12/h9-12H,3-8H2,1-2H3. The summed E-state index contributed by atoms with van der Waals surface area (Å²) in [5.74, 6) is 0.565. The molecule has 1 fully saturated rings. The molecule has 1 rings (SSSR count). The molecule has 2 unspecified atom stereocenters. The first kappa shape index (κ1) is 11.0. The van der Waals surface area contributed by atoms with Gasteiger partial charge in [0.25, 0.3) is 0 Å². The van der Waals surface area contributed by atoms with Gasteiger partial charge in [-0.05, 0) is 18.8 Å². The van der Waals surface area contributed by atoms with Gasteiger partial charge in [0.05, 0.1) is 12.2 Å². The highest BCUT2D eigenvalue weighted by Gasteiger charge is 2.21. The van der Waals surface area contributed by atoms with Gasteiger partial charge < -0.3 is 9.84 Å². The van der Waals surface area contributed by atoms with Crippen LogP contribution in [0.2, 0.25) is 0 Å². The molecule has 0 aromatic carbocycles. The lowest BCUT2D eigenvalue weighted by atomic mass is 10.1. The molecule has 78 valence electrons. The van der Waals surface area contributed by atoms with E-state index in [9.17, 15) is 5.11 Å². The second-order valence-corrected chi connectivity index (χ2v) is 4.47. The lowest BCUT2D eigenvalue weighted by Gasteiger charge is -2.21. The van der Waals surface area contributed by atoms with Gasteiger partial charge in [-0.15, -0.1) is 0 Å². The van der Waals surface area contributed by atoms with Gasteiger partial charge in [-0.25, -0.2) is 0 Å². The minimum absolute atomic E-state index is 0.102. The third-order valence-electron chi connectivity index (χ3n) is 2.56. The van der Waals surface area contributed by atoms with Gasteiger partial charge in [0.15, 0.2) is 0 Å². The summed E-state index contributed by atoms with van der Waals surface area (Å²) in [5.41, 5.74) is 0. The number of aliphatic hydroxyl groups is 1. The Morgan fingerprint density at radius 3 is 2.62 bits per heavy atom. The third-order valence-corrected chi connectivity index (χ3v) is 2.56. The Bertz CT molecular complexity index is 134. The zero-order chi connectivity index (χ0) is 9.68. The molecule has 0 bridgehead atoms. The molecule has 1 N–H and O–H groups in total. The summed E-state index contributed by atoms with van der Waals surface area (Å²) >= 11 is 0. The molecule has 1 aliphatic rings. The van der Waals surface area contributed by atoms with Crippen molar-refractivity contribution in [3.05, 3.63) is 0 Å². The molecule has 2 nitrogen and oxygen atoms in total. The fraction of sp³-hybridized carbons (Fsp3) is 1.00. The molecule has 2 atom stereocenters. The van der Waals surface area contributed by atoms with Crippen LogP contribution in [-0.4, -0.2) is 23.9 Å². The molecule has 0 saturated heterocycles. The van der Waals surface area contributed by atoms with Crippen molar-refractivity contribution in [2.45, 2.75) is 58.2 Å². The van der Waals surface area contributed by atoms with Crippen molar-refractivity contribution in [2.24, 2.45) is 5.92 Å². The summed E-state index contributed by atoms with van der Waals surface area (Å²) in [7, 11) is 0. The highest BCUT2D eigenvalue weighted by atomic mass is 16.5. The van der Waals surface area contributed by atoms with Gasteiger partial charge in [-0.2, -0.15) is 0 Å². The van der Waals surface area contributed by atoms with E-state index in [0.29, 0.717) is 5.92 Å². The van der Waals surface area contributed by atoms with Gasteiger partial charge in [-0.1, -0.05) is 33.1 Å². The molecule has 0 aromatic heterocycles. The van der Waals surface area contributed by atoms with E-state index < -0.39 is 0 Å². The van der Waals surface area contributed by atoms with Crippen molar-refractivity contribution in [3.63, 3.8) is 0 Å². The maximum absolute atomic E-state index is 9.74. The summed E-state index contributed by atoms with van der Waals surface area (Å²) < 4.78 is 5.69. The largest absolute Gasteiger partial charge is 0.390 e. The molecule has 2 heteroatoms. The third kappa shape index (κ3) is 4.10. The number of hydrogen-bond acceptors (Lipinski definition) is 2. The first-order chi connectivity index (χ1) is 6.20. The fourth-order valence-corrected chi connectivity index (χ4v) is 1.76. The summed E-state index contributed by atoms with van der Waals surface area (Å²) in [4.78, 5) is 0. The second-order valence-electron chi connectivity index (χ2n) is 4.47. The number of hydrogen-bond donors (Lipinski definition) is 1. The lowest BCUT2D eigenvalue weighted by molar-refractivity contribution is -0.0487. The van der Waals surface area contributed by atoms with Crippen LogP contribution in [0.4, 0.5) is 0 Å². The molecular weight excluding hydrogens is 164 g/mol. The first-order valence-corrected chi connectivity index (χ1v) is 5.50. The van der Waals surface area contributed by atoms with Crippen molar-refractivity contribution < 1.29 is 9.84 Å². The minimum atomic E-state index is -0.221. The van der Waals surface area contributed by atoms with E-state index in [4.69, 9.17) is 4.74 Å². The van der Waals surface area contributed by atoms with Gasteiger partial charge >= 0.3 is 0 Å². The lowest BCUT2D eigenvalue weighted by Crippen LogP contribution is -2.29. The normalized spacial score (nSPS) is 30.5. The van der Waals surface area contributed by atoms with Crippen LogP contribution in [0, 0.1) is 5.92 Å². The molecule has 0 spiro atoms. The molecule has 1 aliphatic carbocycles. The summed E-state index contributed by atoms with van der Waals surface area (Å²) in [5, 5.41) is 9.74. The quantitative estimate of drug-likeness (QED) is 0.686. The summed E-state index contributed by atoms with van der Waals surface area (Å²) in [6.07, 6.45) is 5.45. The van der Waals surface area contributed by atoms with E-state index in [-0.39, 0.29) is 12.2 Å². The van der Waals surface area contributed by atoms with Crippen LogP contribution in [0.1, 0.15) is 46.0 Å². The fourth-order valence-electron chi connectivity index (χ4n) is 1.76. The zero-order valence-corrected chi connectivity index (χ0v) is 8.83. The van der Waals surface area contributed by atoms with Gasteiger partial charge in [-0.3, -0.25) is 0 Å². The maximum atomic E-state index is 9.74. The highest BCUT2D eigenvalue weighted by molar-refractivity contribution is 4.73. The molecule has 0 amide bonds. The molecule has 0 heterocycles. The van der Waals surface area contributed by atoms with Crippen LogP contribution in [0.15, 0.2) is 0 Å². The molecule has 0 radical (unpaired) electrons. The van der Waals surface area contributed by atoms with Crippen LogP contribution in [-0.2, 0) is 4.74 Å². The smallest absolute Gasteiger partial charge is 0.0834 e. The number of rotatable bonds is 3. The topological polar surface area (TPSA) is 29.5 Å². The van der Waals surface area contributed by atoms with Crippen LogP contribution >= 0.6 is 0 Å². The van der Waals surface area contributed by atoms with Crippen molar-refractivity contribution in [1.82, 2.24) is 0 Å². The van der Waals surface area contributed by atoms with Crippen molar-refractivity contribution in [2.75, 3.05) is 6.61 Å². The molecular formula is C11H22O2. The van der Waals surface area contributed by atoms with Crippen LogP contribution in [0.5, 0.6) is 0 Å². The Hall–Kier alpha value is -0.0800. The Morgan fingerprint density at radius 1 is 1.23 bits per heavy atom. The SMILES string of the molecule is CC(C)COC1CCCCCC1O. The van der Waals surface area contributed by atoms with Crippen LogP contribution < -0.4 is 0 Å². The van der Waals surface area contributed by atoms with Gasteiger partial charge in [0.1, 0.15) is 0 Å². The number of aliphatic hydroxyl groups excluding tert-OH is 1. The summed E-state index contributed by atoms with van der Waals surface area (Å²) in [6, 6.07) is 0. The van der Waals surface area contributed by atoms with Crippen LogP contribution in [0.25, 0.3) is 0 Å². The zero-order valence-electron chi connectivity index (χ0n) is 8.83. The predicted octanol–water partition coefficient (Wildman–Crippen LogP) is 2.35. The van der Waals surface area contributed by atoms with E-state index in [1.807, 2.05) is 0 Å². The summed E-state index contributed by atoms with van der Waals surface area (Å²) in [6.45, 7) is 5.06. The van der Waals surface area contributed by atoms with E-state index >= 15 is 0 Å². The van der Waals surface area contributed by atoms with Crippen molar-refractivity contribution in [3.8, 4) is 0 Å². The second kappa shape index (κ2) is 5.61. The number of ether oxygens (including phenoxy) is 1. The molecule has 13 heavy (non-hydrogen) atoms. The van der Waals surface area contributed by atoms with Crippen LogP contribution in [0.3, 0.4) is 0 Å². The predicted molar refractivity (Wildman–Crippen MR) is 53.7 cm³/mol. The van der Waals surface area contributed by atoms with E-state index in [1.54, 1.807) is 0 Å². The average molecular weight is 186 g/mol. The minimum Gasteiger partial charge on any atom is -0.390 e. The molecule has 1 saturated carbocycles. The highest BCUT2D eigenvalue weighted by Crippen LogP contribution is 2.20.